The summed E-state index contributed by atoms with van der Waals surface area (Å²) in [7, 11) is 1.53. The van der Waals surface area contributed by atoms with Crippen molar-refractivity contribution in [2.24, 2.45) is 11.8 Å². The van der Waals surface area contributed by atoms with E-state index in [0.29, 0.717) is 11.8 Å². The Morgan fingerprint density at radius 1 is 1.44 bits per heavy atom. The van der Waals surface area contributed by atoms with Crippen molar-refractivity contribution in [1.82, 2.24) is 9.88 Å². The van der Waals surface area contributed by atoms with Crippen molar-refractivity contribution in [3.63, 3.8) is 0 Å². The van der Waals surface area contributed by atoms with Crippen molar-refractivity contribution in [2.45, 2.75) is 50.5 Å². The molecule has 1 aliphatic carbocycles. The van der Waals surface area contributed by atoms with Gasteiger partial charge in [-0.3, -0.25) is 9.69 Å². The Balaban J connectivity index is 1.77. The fraction of sp³-hybridized carbons (Fsp3) is 0.591. The predicted molar refractivity (Wildman–Crippen MR) is 104 cm³/mol. The molecule has 5 nitrogen and oxygen atoms in total. The first-order valence-electron chi connectivity index (χ1n) is 10.2. The Labute approximate surface area is 159 Å². The quantitative estimate of drug-likeness (QED) is 0.816. The highest BCUT2D eigenvalue weighted by atomic mass is 16.5. The molecule has 2 saturated heterocycles. The van der Waals surface area contributed by atoms with Crippen LogP contribution in [0.4, 0.5) is 0 Å². The summed E-state index contributed by atoms with van der Waals surface area (Å²) in [5.41, 5.74) is 2.63. The summed E-state index contributed by atoms with van der Waals surface area (Å²) in [5.74, 6) is 1.25. The molecule has 0 amide bonds. The topological polar surface area (TPSA) is 65.6 Å². The number of aromatic amines is 1. The van der Waals surface area contributed by atoms with Crippen LogP contribution in [0.1, 0.15) is 43.9 Å². The van der Waals surface area contributed by atoms with Crippen LogP contribution in [0.3, 0.4) is 0 Å². The van der Waals surface area contributed by atoms with E-state index in [1.165, 1.54) is 19.1 Å². The van der Waals surface area contributed by atoms with Gasteiger partial charge in [-0.1, -0.05) is 13.3 Å². The fourth-order valence-corrected chi connectivity index (χ4v) is 6.56. The van der Waals surface area contributed by atoms with Gasteiger partial charge in [0.15, 0.2) is 0 Å². The van der Waals surface area contributed by atoms with Gasteiger partial charge < -0.3 is 14.8 Å². The van der Waals surface area contributed by atoms with Gasteiger partial charge in [0.25, 0.3) is 0 Å². The highest BCUT2D eigenvalue weighted by molar-refractivity contribution is 5.92. The average molecular weight is 368 g/mol. The summed E-state index contributed by atoms with van der Waals surface area (Å²) in [5, 5.41) is 11.1. The largest absolute Gasteiger partial charge is 0.508 e. The van der Waals surface area contributed by atoms with E-state index in [9.17, 15) is 9.90 Å². The van der Waals surface area contributed by atoms with E-state index in [0.717, 1.165) is 55.4 Å². The van der Waals surface area contributed by atoms with Crippen LogP contribution in [-0.4, -0.2) is 47.2 Å². The second-order valence-electron chi connectivity index (χ2n) is 8.72. The Bertz CT molecular complexity index is 904. The zero-order chi connectivity index (χ0) is 18.8. The van der Waals surface area contributed by atoms with E-state index in [1.807, 2.05) is 12.1 Å². The lowest BCUT2D eigenvalue weighted by Gasteiger charge is -2.58. The van der Waals surface area contributed by atoms with Gasteiger partial charge in [-0.15, -0.1) is 0 Å². The summed E-state index contributed by atoms with van der Waals surface area (Å²) in [6.45, 7) is 4.30. The summed E-state index contributed by atoms with van der Waals surface area (Å²) in [6, 6.07) is 5.68. The average Bonchev–Trinajstić information content (AvgIpc) is 2.99. The van der Waals surface area contributed by atoms with E-state index < -0.39 is 5.41 Å². The molecule has 1 saturated carbocycles. The molecule has 27 heavy (non-hydrogen) atoms. The zero-order valence-electron chi connectivity index (χ0n) is 16.1. The van der Waals surface area contributed by atoms with E-state index in [1.54, 1.807) is 6.07 Å². The number of H-pyrrole nitrogens is 1. The fourth-order valence-electron chi connectivity index (χ4n) is 6.56. The molecule has 2 aromatic rings. The molecular formula is C22H28N2O3. The maximum Gasteiger partial charge on any atom is 0.319 e. The van der Waals surface area contributed by atoms with Gasteiger partial charge in [-0.05, 0) is 61.3 Å². The summed E-state index contributed by atoms with van der Waals surface area (Å²) in [6.07, 6.45) is 5.30. The van der Waals surface area contributed by atoms with Crippen LogP contribution in [0.5, 0.6) is 5.75 Å². The lowest BCUT2D eigenvalue weighted by molar-refractivity contribution is -0.162. The van der Waals surface area contributed by atoms with Crippen LogP contribution in [0, 0.1) is 11.8 Å². The first kappa shape index (κ1) is 17.1. The zero-order valence-corrected chi connectivity index (χ0v) is 16.1. The third kappa shape index (κ3) is 2.24. The van der Waals surface area contributed by atoms with Crippen molar-refractivity contribution in [3.8, 4) is 5.75 Å². The SMILES string of the molecule is CCCC1CC2CN3CCc4c([nH]c5ccc(O)cc45)C(C(=O)OC)(C2)C13. The molecule has 5 atom stereocenters. The number of nitrogens with zero attached hydrogens (tertiary/aromatic N) is 1. The Hall–Kier alpha value is -2.01. The third-order valence-electron chi connectivity index (χ3n) is 7.28. The number of carbonyl (C=O) groups is 1. The number of phenols is 1. The minimum absolute atomic E-state index is 0.0954. The number of phenolic OH excluding ortho intramolecular Hbond substituents is 1. The number of piperidine rings is 2. The number of hydrogen-bond acceptors (Lipinski definition) is 4. The molecule has 0 spiro atoms. The summed E-state index contributed by atoms with van der Waals surface area (Å²) in [4.78, 5) is 19.6. The van der Waals surface area contributed by atoms with Crippen LogP contribution in [-0.2, 0) is 21.4 Å². The molecule has 2 N–H and O–H groups in total. The number of aromatic nitrogens is 1. The third-order valence-corrected chi connectivity index (χ3v) is 7.28. The molecular weight excluding hydrogens is 340 g/mol. The van der Waals surface area contributed by atoms with Crippen molar-refractivity contribution in [1.29, 1.82) is 0 Å². The minimum Gasteiger partial charge on any atom is -0.508 e. The van der Waals surface area contributed by atoms with E-state index in [2.05, 4.69) is 16.8 Å². The minimum atomic E-state index is -0.615. The van der Waals surface area contributed by atoms with Crippen LogP contribution in [0.25, 0.3) is 10.9 Å². The molecule has 4 bridgehead atoms. The Morgan fingerprint density at radius 2 is 2.30 bits per heavy atom. The number of fused-ring (bicyclic) bond motifs is 4. The van der Waals surface area contributed by atoms with E-state index in [-0.39, 0.29) is 17.8 Å². The lowest BCUT2D eigenvalue weighted by Crippen LogP contribution is -2.67. The maximum absolute atomic E-state index is 13.4. The lowest BCUT2D eigenvalue weighted by atomic mass is 9.56. The monoisotopic (exact) mass is 368 g/mol. The second-order valence-corrected chi connectivity index (χ2v) is 8.72. The summed E-state index contributed by atoms with van der Waals surface area (Å²) >= 11 is 0. The predicted octanol–water partition coefficient (Wildman–Crippen LogP) is 3.35. The van der Waals surface area contributed by atoms with Crippen LogP contribution >= 0.6 is 0 Å². The van der Waals surface area contributed by atoms with Gasteiger partial charge >= 0.3 is 5.97 Å². The van der Waals surface area contributed by atoms with Gasteiger partial charge in [-0.2, -0.15) is 0 Å². The molecule has 3 aliphatic heterocycles. The maximum atomic E-state index is 13.4. The number of aromatic hydroxyl groups is 1. The van der Waals surface area contributed by atoms with E-state index in [4.69, 9.17) is 4.74 Å². The molecule has 4 heterocycles. The second kappa shape index (κ2) is 5.99. The van der Waals surface area contributed by atoms with Gasteiger partial charge in [0, 0.05) is 35.7 Å². The molecule has 1 aromatic carbocycles. The van der Waals surface area contributed by atoms with Gasteiger partial charge in [0.05, 0.1) is 7.11 Å². The summed E-state index contributed by atoms with van der Waals surface area (Å²) < 4.78 is 5.44. The molecule has 3 fully saturated rings. The molecule has 0 radical (unpaired) electrons. The standard InChI is InChI=1S/C22H28N2O3/c1-3-4-14-9-13-11-22(21(26)27-2)19-16(7-8-24(12-13)20(14)22)17-10-15(25)5-6-18(17)23-19/h5-6,10,13-14,20,23,25H,3-4,7-9,11-12H2,1-2H3. The van der Waals surface area contributed by atoms with Crippen molar-refractivity contribution in [2.75, 3.05) is 20.2 Å². The van der Waals surface area contributed by atoms with Crippen molar-refractivity contribution < 1.29 is 14.6 Å². The first-order chi connectivity index (χ1) is 13.1. The number of rotatable bonds is 3. The molecule has 6 rings (SSSR count). The van der Waals surface area contributed by atoms with E-state index >= 15 is 0 Å². The molecule has 144 valence electrons. The van der Waals surface area contributed by atoms with Gasteiger partial charge in [0.1, 0.15) is 11.2 Å². The highest BCUT2D eigenvalue weighted by Gasteiger charge is 2.62. The first-order valence-corrected chi connectivity index (χ1v) is 10.2. The number of benzene rings is 1. The van der Waals surface area contributed by atoms with Crippen LogP contribution in [0.15, 0.2) is 18.2 Å². The number of hydrogen-bond donors (Lipinski definition) is 2. The Kier molecular flexibility index (Phi) is 3.80. The molecule has 5 heteroatoms. The van der Waals surface area contributed by atoms with Crippen LogP contribution in [0.2, 0.25) is 0 Å². The smallest absolute Gasteiger partial charge is 0.319 e. The Morgan fingerprint density at radius 3 is 3.07 bits per heavy atom. The van der Waals surface area contributed by atoms with Gasteiger partial charge in [-0.25, -0.2) is 0 Å². The molecule has 5 unspecified atom stereocenters. The van der Waals surface area contributed by atoms with Crippen molar-refractivity contribution >= 4 is 16.9 Å². The number of carbonyl (C=O) groups excluding carboxylic acids is 1. The van der Waals surface area contributed by atoms with Crippen molar-refractivity contribution in [3.05, 3.63) is 29.5 Å². The van der Waals surface area contributed by atoms with Crippen LogP contribution < -0.4 is 0 Å². The number of nitrogens with one attached hydrogen (secondary N) is 1. The number of ether oxygens (including phenoxy) is 1. The molecule has 4 aliphatic rings. The molecule has 1 aromatic heterocycles. The highest BCUT2D eigenvalue weighted by Crippen LogP contribution is 2.55. The van der Waals surface area contributed by atoms with Gasteiger partial charge in [0.2, 0.25) is 0 Å². The number of methoxy groups -OCH3 is 1. The number of esters is 1. The normalized spacial score (nSPS) is 34.3.